The summed E-state index contributed by atoms with van der Waals surface area (Å²) in [6.07, 6.45) is 0.866. The van der Waals surface area contributed by atoms with Crippen LogP contribution in [0.25, 0.3) is 0 Å². The first-order valence-electron chi connectivity index (χ1n) is 4.80. The topological polar surface area (TPSA) is 38.8 Å². The lowest BCUT2D eigenvalue weighted by atomic mass is 10.3. The van der Waals surface area contributed by atoms with Crippen molar-refractivity contribution in [3.05, 3.63) is 0 Å². The van der Waals surface area contributed by atoms with Crippen LogP contribution in [0, 0.1) is 0 Å². The third-order valence-electron chi connectivity index (χ3n) is 2.17. The van der Waals surface area contributed by atoms with Crippen molar-refractivity contribution in [3.63, 3.8) is 0 Å². The van der Waals surface area contributed by atoms with Crippen LogP contribution < -0.4 is 0 Å². The largest absolute Gasteiger partial charge is 0.408 e. The molecule has 1 aliphatic heterocycles. The van der Waals surface area contributed by atoms with Crippen molar-refractivity contribution in [1.82, 2.24) is 4.67 Å². The van der Waals surface area contributed by atoms with Gasteiger partial charge in [-0.1, -0.05) is 13.8 Å². The molecule has 0 spiro atoms. The van der Waals surface area contributed by atoms with Crippen LogP contribution in [-0.4, -0.2) is 30.5 Å². The highest BCUT2D eigenvalue weighted by Gasteiger charge is 2.36. The van der Waals surface area contributed by atoms with Crippen LogP contribution in [0.4, 0.5) is 0 Å². The maximum absolute atomic E-state index is 12.1. The highest BCUT2D eigenvalue weighted by molar-refractivity contribution is 7.51. The Hall–Kier alpha value is 0.110. The lowest BCUT2D eigenvalue weighted by molar-refractivity contribution is 0.0654. The predicted molar refractivity (Wildman–Crippen MR) is 51.6 cm³/mol. The molecule has 0 bridgehead atoms. The minimum absolute atomic E-state index is 0.0418. The average Bonchev–Trinajstić information content (AvgIpc) is 2.05. The lowest BCUT2D eigenvalue weighted by Crippen LogP contribution is -2.28. The van der Waals surface area contributed by atoms with Crippen molar-refractivity contribution in [2.75, 3.05) is 19.7 Å². The van der Waals surface area contributed by atoms with Crippen LogP contribution in [0.1, 0.15) is 27.2 Å². The number of hydrogen-bond donors (Lipinski definition) is 0. The Kier molecular flexibility index (Phi) is 3.92. The van der Waals surface area contributed by atoms with Gasteiger partial charge in [0.1, 0.15) is 0 Å². The Labute approximate surface area is 79.8 Å². The van der Waals surface area contributed by atoms with Crippen LogP contribution in [0.2, 0.25) is 0 Å². The van der Waals surface area contributed by atoms with Crippen LogP contribution in [0.15, 0.2) is 0 Å². The third-order valence-corrected chi connectivity index (χ3v) is 4.56. The first-order valence-corrected chi connectivity index (χ1v) is 6.30. The van der Waals surface area contributed by atoms with E-state index in [-0.39, 0.29) is 6.10 Å². The van der Waals surface area contributed by atoms with Crippen molar-refractivity contribution in [2.45, 2.75) is 33.3 Å². The fraction of sp³-hybridized carbons (Fsp3) is 1.00. The summed E-state index contributed by atoms with van der Waals surface area (Å²) in [5, 5.41) is 0. The summed E-state index contributed by atoms with van der Waals surface area (Å²) >= 11 is 0. The molecule has 2 atom stereocenters. The normalized spacial score (nSPS) is 35.2. The maximum Gasteiger partial charge on any atom is 0.408 e. The second kappa shape index (κ2) is 4.56. The molecular weight excluding hydrogens is 189 g/mol. The Balaban J connectivity index is 2.67. The predicted octanol–water partition coefficient (Wildman–Crippen LogP) is 2.26. The van der Waals surface area contributed by atoms with Gasteiger partial charge in [0.2, 0.25) is 0 Å². The van der Waals surface area contributed by atoms with Crippen LogP contribution >= 0.6 is 7.75 Å². The summed E-state index contributed by atoms with van der Waals surface area (Å²) < 4.78 is 24.5. The molecule has 0 aliphatic carbocycles. The Morgan fingerprint density at radius 3 is 2.54 bits per heavy atom. The van der Waals surface area contributed by atoms with E-state index < -0.39 is 7.75 Å². The van der Waals surface area contributed by atoms with Gasteiger partial charge in [0.05, 0.1) is 12.7 Å². The van der Waals surface area contributed by atoms with E-state index in [4.69, 9.17) is 9.05 Å². The van der Waals surface area contributed by atoms with Gasteiger partial charge in [-0.15, -0.1) is 0 Å². The molecule has 0 aromatic rings. The quantitative estimate of drug-likeness (QED) is 0.665. The molecule has 0 aromatic heterocycles. The molecule has 1 fully saturated rings. The zero-order valence-corrected chi connectivity index (χ0v) is 9.42. The molecule has 1 aliphatic rings. The van der Waals surface area contributed by atoms with Gasteiger partial charge in [-0.05, 0) is 13.3 Å². The summed E-state index contributed by atoms with van der Waals surface area (Å²) in [6, 6.07) is 0. The summed E-state index contributed by atoms with van der Waals surface area (Å²) in [7, 11) is -2.95. The monoisotopic (exact) mass is 207 g/mol. The van der Waals surface area contributed by atoms with Gasteiger partial charge in [-0.3, -0.25) is 9.05 Å². The van der Waals surface area contributed by atoms with Gasteiger partial charge in [0, 0.05) is 13.1 Å². The summed E-state index contributed by atoms with van der Waals surface area (Å²) in [6.45, 7) is 7.76. The van der Waals surface area contributed by atoms with Crippen molar-refractivity contribution in [1.29, 1.82) is 0 Å². The molecular formula is C8H18NO3P. The van der Waals surface area contributed by atoms with Crippen molar-refractivity contribution < 1.29 is 13.6 Å². The Morgan fingerprint density at radius 1 is 1.46 bits per heavy atom. The highest BCUT2D eigenvalue weighted by Crippen LogP contribution is 2.55. The SMILES string of the molecule is CCN(CC)[P@@]1(=O)OCC[C@@H](C)O1. The van der Waals surface area contributed by atoms with Crippen molar-refractivity contribution in [3.8, 4) is 0 Å². The standard InChI is InChI=1S/C8H18NO3P/c1-4-9(5-2)13(10)11-7-6-8(3)12-13/h8H,4-7H2,1-3H3/t8-,13-/m1/s1. The van der Waals surface area contributed by atoms with Crippen LogP contribution in [0.3, 0.4) is 0 Å². The number of rotatable bonds is 3. The minimum Gasteiger partial charge on any atom is -0.297 e. The van der Waals surface area contributed by atoms with Gasteiger partial charge in [-0.25, -0.2) is 9.24 Å². The van der Waals surface area contributed by atoms with Crippen LogP contribution in [-0.2, 0) is 13.6 Å². The number of hydrogen-bond acceptors (Lipinski definition) is 3. The summed E-state index contributed by atoms with van der Waals surface area (Å²) in [5.74, 6) is 0. The smallest absolute Gasteiger partial charge is 0.297 e. The van der Waals surface area contributed by atoms with E-state index >= 15 is 0 Å². The first kappa shape index (κ1) is 11.2. The summed E-state index contributed by atoms with van der Waals surface area (Å²) in [5.41, 5.74) is 0. The zero-order valence-electron chi connectivity index (χ0n) is 8.52. The molecule has 4 nitrogen and oxygen atoms in total. The van der Waals surface area contributed by atoms with Crippen LogP contribution in [0.5, 0.6) is 0 Å². The van der Waals surface area contributed by atoms with Crippen molar-refractivity contribution >= 4 is 7.75 Å². The molecule has 0 amide bonds. The van der Waals surface area contributed by atoms with Gasteiger partial charge < -0.3 is 0 Å². The second-order valence-electron chi connectivity index (χ2n) is 3.15. The number of nitrogens with zero attached hydrogens (tertiary/aromatic N) is 1. The fourth-order valence-corrected chi connectivity index (χ4v) is 3.31. The van der Waals surface area contributed by atoms with E-state index in [1.807, 2.05) is 20.8 Å². The molecule has 13 heavy (non-hydrogen) atoms. The van der Waals surface area contributed by atoms with Gasteiger partial charge in [0.15, 0.2) is 0 Å². The molecule has 1 rings (SSSR count). The molecule has 0 unspecified atom stereocenters. The van der Waals surface area contributed by atoms with E-state index in [9.17, 15) is 4.57 Å². The van der Waals surface area contributed by atoms with Gasteiger partial charge in [0.25, 0.3) is 0 Å². The lowest BCUT2D eigenvalue weighted by Gasteiger charge is -2.33. The van der Waals surface area contributed by atoms with E-state index in [0.29, 0.717) is 19.7 Å². The average molecular weight is 207 g/mol. The Bertz CT molecular complexity index is 206. The van der Waals surface area contributed by atoms with E-state index in [0.717, 1.165) is 6.42 Å². The molecule has 0 N–H and O–H groups in total. The second-order valence-corrected chi connectivity index (χ2v) is 5.12. The summed E-state index contributed by atoms with van der Waals surface area (Å²) in [4.78, 5) is 0. The molecule has 1 saturated heterocycles. The molecule has 5 heteroatoms. The molecule has 0 radical (unpaired) electrons. The highest BCUT2D eigenvalue weighted by atomic mass is 31.2. The van der Waals surface area contributed by atoms with Gasteiger partial charge in [-0.2, -0.15) is 0 Å². The Morgan fingerprint density at radius 2 is 2.08 bits per heavy atom. The first-order chi connectivity index (χ1) is 6.12. The fourth-order valence-electron chi connectivity index (χ4n) is 1.36. The van der Waals surface area contributed by atoms with E-state index in [1.54, 1.807) is 4.67 Å². The van der Waals surface area contributed by atoms with Gasteiger partial charge >= 0.3 is 7.75 Å². The van der Waals surface area contributed by atoms with E-state index in [1.165, 1.54) is 0 Å². The third kappa shape index (κ3) is 2.53. The minimum atomic E-state index is -2.95. The van der Waals surface area contributed by atoms with Crippen molar-refractivity contribution in [2.24, 2.45) is 0 Å². The molecule has 78 valence electrons. The molecule has 0 aromatic carbocycles. The maximum atomic E-state index is 12.1. The molecule has 1 heterocycles. The van der Waals surface area contributed by atoms with E-state index in [2.05, 4.69) is 0 Å². The molecule has 0 saturated carbocycles. The zero-order chi connectivity index (χ0) is 9.90.